The van der Waals surface area contributed by atoms with Gasteiger partial charge >= 0.3 is 11.9 Å². The number of carbonyl (C=O) groups is 2. The minimum atomic E-state index is -1.72. The summed E-state index contributed by atoms with van der Waals surface area (Å²) in [5.74, 6) is -1.93. The zero-order valence-electron chi connectivity index (χ0n) is 11.1. The molecular formula is C13H16Cl2O4S. The molecule has 7 heteroatoms. The van der Waals surface area contributed by atoms with Crippen molar-refractivity contribution in [3.8, 4) is 0 Å². The Bertz CT molecular complexity index is 450. The van der Waals surface area contributed by atoms with Crippen molar-refractivity contribution in [1.29, 1.82) is 0 Å². The summed E-state index contributed by atoms with van der Waals surface area (Å²) in [4.78, 5) is 22.8. The minimum Gasteiger partial charge on any atom is -0.458 e. The van der Waals surface area contributed by atoms with Crippen LogP contribution in [0.4, 0.5) is 0 Å². The summed E-state index contributed by atoms with van der Waals surface area (Å²) in [5, 5.41) is 0.277. The Morgan fingerprint density at radius 2 is 1.80 bits per heavy atom. The maximum Gasteiger partial charge on any atom is 0.362 e. The van der Waals surface area contributed by atoms with Gasteiger partial charge in [0, 0.05) is 5.25 Å². The Hall–Kier alpha value is -0.130. The number of hydrogen-bond donors (Lipinski definition) is 0. The number of alkyl halides is 2. The van der Waals surface area contributed by atoms with Gasteiger partial charge in [-0.15, -0.1) is 0 Å². The van der Waals surface area contributed by atoms with Crippen LogP contribution in [-0.2, 0) is 19.1 Å². The van der Waals surface area contributed by atoms with E-state index in [0.717, 1.165) is 25.7 Å². The molecule has 0 aromatic carbocycles. The summed E-state index contributed by atoms with van der Waals surface area (Å²) in [6.45, 7) is 1.70. The number of esters is 2. The first-order valence-corrected chi connectivity index (χ1v) is 8.51. The van der Waals surface area contributed by atoms with E-state index < -0.39 is 33.2 Å². The number of carbonyl (C=O) groups excluding carboxylic acids is 2. The molecule has 0 unspecified atom stereocenters. The van der Waals surface area contributed by atoms with E-state index in [-0.39, 0.29) is 5.25 Å². The molecule has 0 aromatic heterocycles. The van der Waals surface area contributed by atoms with Crippen LogP contribution >= 0.6 is 35.0 Å². The second-order valence-corrected chi connectivity index (χ2v) is 8.54. The Kier molecular flexibility index (Phi) is 3.67. The van der Waals surface area contributed by atoms with Gasteiger partial charge in [0.25, 0.3) is 4.93 Å². The highest BCUT2D eigenvalue weighted by atomic mass is 35.5. The SMILES string of the molecule is C[C@@H]1OC(=O)[C@]2(SC3CCCCC3)OC(=O)C(Cl)(Cl)[C@H]12. The first kappa shape index (κ1) is 14.8. The highest BCUT2D eigenvalue weighted by Gasteiger charge is 2.75. The molecule has 3 aliphatic rings. The fraction of sp³-hybridized carbons (Fsp3) is 0.846. The average molecular weight is 339 g/mol. The fourth-order valence-electron chi connectivity index (χ4n) is 3.30. The third-order valence-electron chi connectivity index (χ3n) is 4.26. The molecule has 0 amide bonds. The van der Waals surface area contributed by atoms with Gasteiger partial charge in [-0.2, -0.15) is 0 Å². The van der Waals surface area contributed by atoms with Crippen LogP contribution in [-0.4, -0.2) is 32.6 Å². The second kappa shape index (κ2) is 4.96. The molecule has 4 nitrogen and oxygen atoms in total. The molecule has 3 fully saturated rings. The van der Waals surface area contributed by atoms with E-state index in [9.17, 15) is 9.59 Å². The van der Waals surface area contributed by atoms with Crippen molar-refractivity contribution in [2.75, 3.05) is 0 Å². The van der Waals surface area contributed by atoms with E-state index in [1.807, 2.05) is 0 Å². The van der Waals surface area contributed by atoms with Crippen LogP contribution in [0.3, 0.4) is 0 Å². The van der Waals surface area contributed by atoms with Crippen LogP contribution in [0.25, 0.3) is 0 Å². The molecular weight excluding hydrogens is 323 g/mol. The van der Waals surface area contributed by atoms with Crippen molar-refractivity contribution in [3.63, 3.8) is 0 Å². The standard InChI is InChI=1S/C13H16Cl2O4S/c1-7-9-12(14,15)10(16)19-13(9,11(17)18-7)20-8-5-3-2-4-6-8/h7-9H,2-6H2,1H3/t7-,9-,13-/m0/s1. The molecule has 0 radical (unpaired) electrons. The number of thioether (sulfide) groups is 1. The maximum atomic E-state index is 12.3. The van der Waals surface area contributed by atoms with Crippen LogP contribution in [0.5, 0.6) is 0 Å². The number of cyclic esters (lactones) is 1. The summed E-state index contributed by atoms with van der Waals surface area (Å²) in [5.41, 5.74) is 0. The topological polar surface area (TPSA) is 52.6 Å². The van der Waals surface area contributed by atoms with Crippen molar-refractivity contribution in [2.45, 2.75) is 59.6 Å². The molecule has 2 heterocycles. The van der Waals surface area contributed by atoms with E-state index in [0.29, 0.717) is 0 Å². The second-order valence-electron chi connectivity index (χ2n) is 5.65. The van der Waals surface area contributed by atoms with E-state index >= 15 is 0 Å². The first-order valence-electron chi connectivity index (χ1n) is 6.88. The Labute approximate surface area is 131 Å². The van der Waals surface area contributed by atoms with Gasteiger partial charge in [-0.25, -0.2) is 9.59 Å². The Balaban J connectivity index is 1.91. The summed E-state index contributed by atoms with van der Waals surface area (Å²) in [6, 6.07) is 0. The normalized spacial score (nSPS) is 40.4. The van der Waals surface area contributed by atoms with Crippen molar-refractivity contribution < 1.29 is 19.1 Å². The molecule has 0 spiro atoms. The molecule has 0 N–H and O–H groups in total. The van der Waals surface area contributed by atoms with Gasteiger partial charge in [0.1, 0.15) is 12.0 Å². The molecule has 3 atom stereocenters. The molecule has 1 saturated carbocycles. The van der Waals surface area contributed by atoms with Crippen LogP contribution < -0.4 is 0 Å². The molecule has 0 aromatic rings. The molecule has 0 bridgehead atoms. The van der Waals surface area contributed by atoms with Crippen molar-refractivity contribution in [1.82, 2.24) is 0 Å². The summed E-state index contributed by atoms with van der Waals surface area (Å²) in [6.07, 6.45) is 4.96. The van der Waals surface area contributed by atoms with Crippen LogP contribution in [0, 0.1) is 5.92 Å². The predicted molar refractivity (Wildman–Crippen MR) is 76.8 cm³/mol. The van der Waals surface area contributed by atoms with Crippen molar-refractivity contribution in [3.05, 3.63) is 0 Å². The fourth-order valence-corrected chi connectivity index (χ4v) is 6.02. The third-order valence-corrected chi connectivity index (χ3v) is 6.69. The molecule has 1 aliphatic carbocycles. The Morgan fingerprint density at radius 3 is 2.45 bits per heavy atom. The largest absolute Gasteiger partial charge is 0.458 e. The van der Waals surface area contributed by atoms with Crippen LogP contribution in [0.1, 0.15) is 39.0 Å². The van der Waals surface area contributed by atoms with Gasteiger partial charge in [-0.3, -0.25) is 0 Å². The monoisotopic (exact) mass is 338 g/mol. The summed E-state index contributed by atoms with van der Waals surface area (Å²) < 4.78 is 8.90. The van der Waals surface area contributed by atoms with E-state index in [2.05, 4.69) is 0 Å². The van der Waals surface area contributed by atoms with Crippen molar-refractivity contribution >= 4 is 46.9 Å². The molecule has 2 saturated heterocycles. The lowest BCUT2D eigenvalue weighted by atomic mass is 9.97. The summed E-state index contributed by atoms with van der Waals surface area (Å²) in [7, 11) is 0. The number of hydrogen-bond acceptors (Lipinski definition) is 5. The minimum absolute atomic E-state index is 0.277. The van der Waals surface area contributed by atoms with Crippen LogP contribution in [0.15, 0.2) is 0 Å². The van der Waals surface area contributed by atoms with Crippen molar-refractivity contribution in [2.24, 2.45) is 5.92 Å². The van der Waals surface area contributed by atoms with Gasteiger partial charge in [0.2, 0.25) is 4.33 Å². The van der Waals surface area contributed by atoms with Gasteiger partial charge < -0.3 is 9.47 Å². The Morgan fingerprint density at radius 1 is 1.15 bits per heavy atom. The van der Waals surface area contributed by atoms with Gasteiger partial charge in [-0.1, -0.05) is 54.2 Å². The summed E-state index contributed by atoms with van der Waals surface area (Å²) >= 11 is 13.6. The third kappa shape index (κ3) is 2.04. The number of fused-ring (bicyclic) bond motifs is 1. The highest BCUT2D eigenvalue weighted by molar-refractivity contribution is 8.01. The predicted octanol–water partition coefficient (Wildman–Crippen LogP) is 3.04. The lowest BCUT2D eigenvalue weighted by Crippen LogP contribution is -2.42. The van der Waals surface area contributed by atoms with Gasteiger partial charge in [-0.05, 0) is 19.8 Å². The quantitative estimate of drug-likeness (QED) is 0.572. The number of rotatable bonds is 2. The molecule has 112 valence electrons. The van der Waals surface area contributed by atoms with Crippen LogP contribution in [0.2, 0.25) is 0 Å². The smallest absolute Gasteiger partial charge is 0.362 e. The number of halogens is 2. The van der Waals surface area contributed by atoms with Gasteiger partial charge in [0.05, 0.1) is 0 Å². The number of ether oxygens (including phenoxy) is 2. The van der Waals surface area contributed by atoms with E-state index in [1.54, 1.807) is 6.92 Å². The zero-order valence-corrected chi connectivity index (χ0v) is 13.4. The highest BCUT2D eigenvalue weighted by Crippen LogP contribution is 2.59. The zero-order chi connectivity index (χ0) is 14.5. The molecule has 2 aliphatic heterocycles. The maximum absolute atomic E-state index is 12.3. The average Bonchev–Trinajstić information content (AvgIpc) is 2.73. The molecule has 3 rings (SSSR count). The lowest BCUT2D eigenvalue weighted by Gasteiger charge is -2.30. The first-order chi connectivity index (χ1) is 9.38. The lowest BCUT2D eigenvalue weighted by molar-refractivity contribution is -0.160. The van der Waals surface area contributed by atoms with E-state index in [1.165, 1.54) is 18.2 Å². The van der Waals surface area contributed by atoms with Gasteiger partial charge in [0.15, 0.2) is 0 Å². The molecule has 20 heavy (non-hydrogen) atoms. The van der Waals surface area contributed by atoms with E-state index in [4.69, 9.17) is 32.7 Å².